The molecule has 2 rings (SSSR count). The van der Waals surface area contributed by atoms with Gasteiger partial charge in [0.2, 0.25) is 0 Å². The summed E-state index contributed by atoms with van der Waals surface area (Å²) in [4.78, 5) is 0. The number of aromatic nitrogens is 2. The van der Waals surface area contributed by atoms with E-state index >= 15 is 0 Å². The zero-order valence-electron chi connectivity index (χ0n) is 8.27. The van der Waals surface area contributed by atoms with E-state index in [1.165, 1.54) is 0 Å². The number of nitrogens with zero attached hydrogens (tertiary/aromatic N) is 1. The predicted molar refractivity (Wildman–Crippen MR) is 58.4 cm³/mol. The van der Waals surface area contributed by atoms with E-state index in [1.54, 1.807) is 18.3 Å². The number of hydrogen-bond donors (Lipinski definition) is 3. The number of benzene rings is 1. The molecule has 4 nitrogen and oxygen atoms in total. The lowest BCUT2D eigenvalue weighted by Crippen LogP contribution is -2.02. The highest BCUT2D eigenvalue weighted by Gasteiger charge is 2.06. The molecule has 2 aromatic rings. The predicted octanol–water partition coefficient (Wildman–Crippen LogP) is 1.28. The maximum Gasteiger partial charge on any atom is 0.115 e. The highest BCUT2D eigenvalue weighted by Crippen LogP contribution is 2.23. The molecule has 1 aromatic heterocycles. The number of rotatable bonds is 3. The number of hydrogen-bond acceptors (Lipinski definition) is 3. The van der Waals surface area contributed by atoms with E-state index in [2.05, 4.69) is 10.2 Å². The Morgan fingerprint density at radius 2 is 2.00 bits per heavy atom. The van der Waals surface area contributed by atoms with Gasteiger partial charge in [-0.2, -0.15) is 5.10 Å². The Bertz CT molecular complexity index is 433. The van der Waals surface area contributed by atoms with Crippen molar-refractivity contribution in [3.05, 3.63) is 36.0 Å². The van der Waals surface area contributed by atoms with Gasteiger partial charge in [-0.25, -0.2) is 0 Å². The lowest BCUT2D eigenvalue weighted by atomic mass is 10.1. The highest BCUT2D eigenvalue weighted by molar-refractivity contribution is 5.63. The summed E-state index contributed by atoms with van der Waals surface area (Å²) in [5.74, 6) is 0.263. The molecule has 0 bridgehead atoms. The first kappa shape index (κ1) is 9.73. The van der Waals surface area contributed by atoms with Gasteiger partial charge >= 0.3 is 0 Å². The molecule has 0 spiro atoms. The Morgan fingerprint density at radius 1 is 1.27 bits per heavy atom. The lowest BCUT2D eigenvalue weighted by Gasteiger charge is -2.01. The first-order valence-electron chi connectivity index (χ1n) is 4.83. The minimum Gasteiger partial charge on any atom is -0.508 e. The average Bonchev–Trinajstić information content (AvgIpc) is 2.68. The Morgan fingerprint density at radius 3 is 2.67 bits per heavy atom. The molecule has 0 aliphatic heterocycles. The minimum absolute atomic E-state index is 0.263. The van der Waals surface area contributed by atoms with E-state index in [4.69, 9.17) is 5.73 Å². The first-order chi connectivity index (χ1) is 7.31. The van der Waals surface area contributed by atoms with E-state index in [-0.39, 0.29) is 5.75 Å². The van der Waals surface area contributed by atoms with E-state index in [9.17, 15) is 5.11 Å². The summed E-state index contributed by atoms with van der Waals surface area (Å²) in [6.45, 7) is 0.602. The molecule has 0 amide bonds. The van der Waals surface area contributed by atoms with Crippen molar-refractivity contribution >= 4 is 0 Å². The van der Waals surface area contributed by atoms with E-state index < -0.39 is 0 Å². The van der Waals surface area contributed by atoms with Crippen LogP contribution in [0.15, 0.2) is 30.5 Å². The molecule has 0 saturated heterocycles. The fraction of sp³-hybridized carbons (Fsp3) is 0.182. The molecule has 78 valence electrons. The van der Waals surface area contributed by atoms with Crippen molar-refractivity contribution in [3.8, 4) is 17.0 Å². The number of aromatic amines is 1. The maximum atomic E-state index is 9.18. The van der Waals surface area contributed by atoms with Crippen LogP contribution in [-0.2, 0) is 6.42 Å². The Balaban J connectivity index is 2.36. The maximum absolute atomic E-state index is 9.18. The monoisotopic (exact) mass is 203 g/mol. The summed E-state index contributed by atoms with van der Waals surface area (Å²) in [5.41, 5.74) is 8.59. The summed E-state index contributed by atoms with van der Waals surface area (Å²) in [6.07, 6.45) is 2.59. The van der Waals surface area contributed by atoms with Gasteiger partial charge in [-0.15, -0.1) is 0 Å². The summed E-state index contributed by atoms with van der Waals surface area (Å²) >= 11 is 0. The van der Waals surface area contributed by atoms with Gasteiger partial charge in [-0.3, -0.25) is 5.10 Å². The van der Waals surface area contributed by atoms with Gasteiger partial charge in [-0.05, 0) is 42.8 Å². The SMILES string of the molecule is NCCc1cn[nH]c1-c1ccc(O)cc1. The summed E-state index contributed by atoms with van der Waals surface area (Å²) in [7, 11) is 0. The molecular weight excluding hydrogens is 190 g/mol. The summed E-state index contributed by atoms with van der Waals surface area (Å²) < 4.78 is 0. The van der Waals surface area contributed by atoms with Gasteiger partial charge in [0, 0.05) is 5.56 Å². The number of nitrogens with two attached hydrogens (primary N) is 1. The van der Waals surface area contributed by atoms with E-state index in [1.807, 2.05) is 12.1 Å². The Labute approximate surface area is 87.7 Å². The third-order valence-electron chi connectivity index (χ3n) is 2.29. The van der Waals surface area contributed by atoms with Gasteiger partial charge in [0.15, 0.2) is 0 Å². The van der Waals surface area contributed by atoms with Crippen molar-refractivity contribution in [1.29, 1.82) is 0 Å². The molecule has 0 saturated carbocycles. The molecule has 0 aliphatic rings. The van der Waals surface area contributed by atoms with Gasteiger partial charge in [0.25, 0.3) is 0 Å². The molecule has 1 aromatic carbocycles. The lowest BCUT2D eigenvalue weighted by molar-refractivity contribution is 0.475. The summed E-state index contributed by atoms with van der Waals surface area (Å²) in [5, 5.41) is 16.1. The van der Waals surface area contributed by atoms with Gasteiger partial charge < -0.3 is 10.8 Å². The molecule has 0 aliphatic carbocycles. The number of phenolic OH excluding ortho intramolecular Hbond substituents is 1. The fourth-order valence-corrected chi connectivity index (χ4v) is 1.53. The largest absolute Gasteiger partial charge is 0.508 e. The van der Waals surface area contributed by atoms with Crippen LogP contribution in [0.25, 0.3) is 11.3 Å². The number of aromatic hydroxyl groups is 1. The fourth-order valence-electron chi connectivity index (χ4n) is 1.53. The van der Waals surface area contributed by atoms with Crippen LogP contribution in [0, 0.1) is 0 Å². The first-order valence-corrected chi connectivity index (χ1v) is 4.83. The molecule has 0 fully saturated rings. The molecule has 4 N–H and O–H groups in total. The van der Waals surface area contributed by atoms with Crippen molar-refractivity contribution in [1.82, 2.24) is 10.2 Å². The number of H-pyrrole nitrogens is 1. The smallest absolute Gasteiger partial charge is 0.115 e. The Hall–Kier alpha value is -1.81. The molecule has 0 unspecified atom stereocenters. The summed E-state index contributed by atoms with van der Waals surface area (Å²) in [6, 6.07) is 7.01. The van der Waals surface area contributed by atoms with Crippen molar-refractivity contribution in [2.45, 2.75) is 6.42 Å². The van der Waals surface area contributed by atoms with E-state index in [0.29, 0.717) is 6.54 Å². The van der Waals surface area contributed by atoms with Gasteiger partial charge in [0.1, 0.15) is 5.75 Å². The van der Waals surface area contributed by atoms with Crippen molar-refractivity contribution in [2.24, 2.45) is 5.73 Å². The molecule has 4 heteroatoms. The zero-order chi connectivity index (χ0) is 10.7. The molecule has 1 heterocycles. The van der Waals surface area contributed by atoms with Crippen molar-refractivity contribution < 1.29 is 5.11 Å². The average molecular weight is 203 g/mol. The van der Waals surface area contributed by atoms with Gasteiger partial charge in [0.05, 0.1) is 11.9 Å². The topological polar surface area (TPSA) is 74.9 Å². The van der Waals surface area contributed by atoms with E-state index in [0.717, 1.165) is 23.2 Å². The van der Waals surface area contributed by atoms with Crippen LogP contribution in [0.1, 0.15) is 5.56 Å². The van der Waals surface area contributed by atoms with Crippen molar-refractivity contribution in [2.75, 3.05) is 6.54 Å². The normalized spacial score (nSPS) is 10.5. The highest BCUT2D eigenvalue weighted by atomic mass is 16.3. The van der Waals surface area contributed by atoms with Crippen LogP contribution in [0.3, 0.4) is 0 Å². The van der Waals surface area contributed by atoms with Crippen LogP contribution < -0.4 is 5.73 Å². The number of phenols is 1. The molecule has 0 atom stereocenters. The second kappa shape index (κ2) is 4.14. The Kier molecular flexibility index (Phi) is 2.69. The van der Waals surface area contributed by atoms with Crippen LogP contribution in [-0.4, -0.2) is 21.8 Å². The minimum atomic E-state index is 0.263. The van der Waals surface area contributed by atoms with Crippen LogP contribution in [0.5, 0.6) is 5.75 Å². The quantitative estimate of drug-likeness (QED) is 0.703. The third-order valence-corrected chi connectivity index (χ3v) is 2.29. The number of nitrogens with one attached hydrogen (secondary N) is 1. The second-order valence-corrected chi connectivity index (χ2v) is 3.36. The van der Waals surface area contributed by atoms with Crippen molar-refractivity contribution in [3.63, 3.8) is 0 Å². The third kappa shape index (κ3) is 1.99. The zero-order valence-corrected chi connectivity index (χ0v) is 8.27. The molecular formula is C11H13N3O. The van der Waals surface area contributed by atoms with Crippen LogP contribution in [0.4, 0.5) is 0 Å². The molecule has 15 heavy (non-hydrogen) atoms. The van der Waals surface area contributed by atoms with Gasteiger partial charge in [-0.1, -0.05) is 0 Å². The second-order valence-electron chi connectivity index (χ2n) is 3.36. The molecule has 0 radical (unpaired) electrons. The standard InChI is InChI=1S/C11H13N3O/c12-6-5-9-7-13-14-11(9)8-1-3-10(15)4-2-8/h1-4,7,15H,5-6,12H2,(H,13,14). The van der Waals surface area contributed by atoms with Crippen LogP contribution in [0.2, 0.25) is 0 Å². The van der Waals surface area contributed by atoms with Crippen LogP contribution >= 0.6 is 0 Å².